The number of anilines is 1. The van der Waals surface area contributed by atoms with E-state index in [4.69, 9.17) is 4.74 Å². The third kappa shape index (κ3) is 7.45. The minimum absolute atomic E-state index is 0.0352. The minimum atomic E-state index is -4.46. The largest absolute Gasteiger partial charge is 0.495 e. The van der Waals surface area contributed by atoms with E-state index in [1.807, 2.05) is 7.05 Å². The molecule has 1 fully saturated rings. The molecule has 9 nitrogen and oxygen atoms in total. The summed E-state index contributed by atoms with van der Waals surface area (Å²) in [6.45, 7) is 0.545. The molecule has 1 aliphatic rings. The lowest BCUT2D eigenvalue weighted by molar-refractivity contribution is -0.142. The minimum Gasteiger partial charge on any atom is -0.495 e. The molecule has 4 rings (SSSR count). The van der Waals surface area contributed by atoms with Crippen LogP contribution in [0, 0.1) is 11.8 Å². The van der Waals surface area contributed by atoms with Crippen LogP contribution in [0.25, 0.3) is 10.9 Å². The summed E-state index contributed by atoms with van der Waals surface area (Å²) < 4.78 is 68.7. The number of fused-ring (bicyclic) bond motifs is 1. The number of likely N-dealkylation sites (tertiary alicyclic amines) is 1. The summed E-state index contributed by atoms with van der Waals surface area (Å²) in [5, 5.41) is 10.4. The first kappa shape index (κ1) is 29.2. The van der Waals surface area contributed by atoms with Crippen LogP contribution in [-0.4, -0.2) is 81.3 Å². The molecular weight excluding hydrogens is 547 g/mol. The van der Waals surface area contributed by atoms with Crippen LogP contribution in [-0.2, 0) is 16.4 Å². The number of amides is 1. The van der Waals surface area contributed by atoms with Crippen molar-refractivity contribution in [1.82, 2.24) is 20.0 Å². The van der Waals surface area contributed by atoms with Gasteiger partial charge in [-0.2, -0.15) is 18.3 Å². The maximum Gasteiger partial charge on any atom is 0.408 e. The Morgan fingerprint density at radius 1 is 1.20 bits per heavy atom. The lowest BCUT2D eigenvalue weighted by atomic mass is 10.0. The molecule has 2 heterocycles. The molecule has 40 heavy (non-hydrogen) atoms. The van der Waals surface area contributed by atoms with Crippen LogP contribution < -0.4 is 15.4 Å². The van der Waals surface area contributed by atoms with Gasteiger partial charge in [-0.15, -0.1) is 0 Å². The van der Waals surface area contributed by atoms with Crippen LogP contribution >= 0.6 is 0 Å². The summed E-state index contributed by atoms with van der Waals surface area (Å²) in [5.74, 6) is 5.80. The Kier molecular flexibility index (Phi) is 8.60. The highest BCUT2D eigenvalue weighted by Gasteiger charge is 2.29. The summed E-state index contributed by atoms with van der Waals surface area (Å²) >= 11 is 0. The number of carbonyl (C=O) groups is 1. The Morgan fingerprint density at radius 2 is 1.93 bits per heavy atom. The number of halogens is 3. The number of aromatic nitrogens is 2. The molecule has 0 bridgehead atoms. The molecule has 0 aliphatic carbocycles. The zero-order chi connectivity index (χ0) is 29.1. The van der Waals surface area contributed by atoms with Crippen LogP contribution in [0.5, 0.6) is 5.75 Å². The number of rotatable bonds is 7. The molecule has 2 N–H and O–H groups in total. The SMILES string of the molecule is COc1cc(S(C)(=O)=O)ccc1NCC#Cc1cc(C(=O)NC2CCN(C)CC2)c2cn(CC(F)(F)F)nc2c1. The number of alkyl halides is 3. The average molecular weight is 578 g/mol. The molecule has 214 valence electrons. The molecule has 3 aromatic rings. The van der Waals surface area contributed by atoms with Gasteiger partial charge in [0.15, 0.2) is 9.84 Å². The van der Waals surface area contributed by atoms with Gasteiger partial charge in [0, 0.05) is 35.5 Å². The predicted octanol–water partition coefficient (Wildman–Crippen LogP) is 3.30. The molecule has 0 unspecified atom stereocenters. The van der Waals surface area contributed by atoms with Crippen molar-refractivity contribution in [2.45, 2.75) is 36.5 Å². The molecule has 2 aromatic carbocycles. The van der Waals surface area contributed by atoms with Gasteiger partial charge in [-0.25, -0.2) is 8.42 Å². The number of methoxy groups -OCH3 is 1. The zero-order valence-electron chi connectivity index (χ0n) is 22.3. The molecule has 0 spiro atoms. The Balaban J connectivity index is 1.58. The van der Waals surface area contributed by atoms with Crippen LogP contribution in [0.3, 0.4) is 0 Å². The third-order valence-electron chi connectivity index (χ3n) is 6.51. The maximum atomic E-state index is 13.2. The molecule has 1 amide bonds. The Bertz CT molecular complexity index is 1570. The number of hydrogen-bond donors (Lipinski definition) is 2. The van der Waals surface area contributed by atoms with Gasteiger partial charge >= 0.3 is 6.18 Å². The summed E-state index contributed by atoms with van der Waals surface area (Å²) in [6.07, 6.45) is -0.576. The standard InChI is InChI=1S/C27H30F3N5O4S/c1-34-11-8-19(9-12-34)32-26(36)21-13-18(14-24-22(21)16-35(33-24)17-27(28,29)30)5-4-10-31-23-7-6-20(40(3,37)38)15-25(23)39-2/h6-7,13-16,19,31H,8-12,17H2,1-3H3,(H,32,36). The van der Waals surface area contributed by atoms with Crippen molar-refractivity contribution in [3.63, 3.8) is 0 Å². The molecule has 1 aromatic heterocycles. The number of carbonyl (C=O) groups excluding carboxylic acids is 1. The monoisotopic (exact) mass is 577 g/mol. The zero-order valence-corrected chi connectivity index (χ0v) is 23.1. The summed E-state index contributed by atoms with van der Waals surface area (Å²) in [5.41, 5.74) is 1.39. The van der Waals surface area contributed by atoms with Crippen molar-refractivity contribution in [2.75, 3.05) is 45.4 Å². The highest BCUT2D eigenvalue weighted by molar-refractivity contribution is 7.90. The van der Waals surface area contributed by atoms with E-state index >= 15 is 0 Å². The molecule has 0 saturated carbocycles. The molecule has 1 saturated heterocycles. The van der Waals surface area contributed by atoms with Crippen molar-refractivity contribution in [3.05, 3.63) is 47.7 Å². The number of ether oxygens (including phenoxy) is 1. The number of sulfone groups is 1. The van der Waals surface area contributed by atoms with Crippen molar-refractivity contribution in [2.24, 2.45) is 0 Å². The molecule has 0 atom stereocenters. The highest BCUT2D eigenvalue weighted by atomic mass is 32.2. The quantitative estimate of drug-likeness (QED) is 0.415. The fraction of sp³-hybridized carbons (Fsp3) is 0.407. The average Bonchev–Trinajstić information content (AvgIpc) is 3.27. The van der Waals surface area contributed by atoms with Gasteiger partial charge in [-0.05, 0) is 57.2 Å². The molecule has 0 radical (unpaired) electrons. The second-order valence-corrected chi connectivity index (χ2v) is 11.8. The van der Waals surface area contributed by atoms with Crippen LogP contribution in [0.15, 0.2) is 41.4 Å². The second-order valence-electron chi connectivity index (χ2n) is 9.74. The van der Waals surface area contributed by atoms with E-state index in [-0.39, 0.29) is 34.5 Å². The van der Waals surface area contributed by atoms with Gasteiger partial charge in [0.1, 0.15) is 12.3 Å². The van der Waals surface area contributed by atoms with E-state index in [1.54, 1.807) is 18.2 Å². The maximum absolute atomic E-state index is 13.2. The Labute approximate surface area is 230 Å². The second kappa shape index (κ2) is 11.8. The smallest absolute Gasteiger partial charge is 0.408 e. The number of hydrogen-bond acceptors (Lipinski definition) is 7. The van der Waals surface area contributed by atoms with Gasteiger partial charge in [0.2, 0.25) is 0 Å². The third-order valence-corrected chi connectivity index (χ3v) is 7.62. The van der Waals surface area contributed by atoms with Crippen molar-refractivity contribution in [3.8, 4) is 17.6 Å². The Hall–Kier alpha value is -3.76. The van der Waals surface area contributed by atoms with Crippen molar-refractivity contribution < 1.29 is 31.1 Å². The fourth-order valence-corrected chi connectivity index (χ4v) is 5.08. The van der Waals surface area contributed by atoms with Gasteiger partial charge in [0.05, 0.1) is 35.3 Å². The van der Waals surface area contributed by atoms with Crippen LogP contribution in [0.4, 0.5) is 18.9 Å². The molecule has 1 aliphatic heterocycles. The van der Waals surface area contributed by atoms with E-state index in [1.165, 1.54) is 25.4 Å². The first-order valence-corrected chi connectivity index (χ1v) is 14.4. The van der Waals surface area contributed by atoms with E-state index in [2.05, 4.69) is 32.5 Å². The van der Waals surface area contributed by atoms with Crippen LogP contribution in [0.1, 0.15) is 28.8 Å². The predicted molar refractivity (Wildman–Crippen MR) is 145 cm³/mol. The van der Waals surface area contributed by atoms with E-state index in [0.29, 0.717) is 22.4 Å². The van der Waals surface area contributed by atoms with E-state index in [9.17, 15) is 26.4 Å². The first-order chi connectivity index (χ1) is 18.8. The normalized spacial score (nSPS) is 14.9. The number of nitrogens with one attached hydrogen (secondary N) is 2. The Morgan fingerprint density at radius 3 is 2.58 bits per heavy atom. The van der Waals surface area contributed by atoms with Gasteiger partial charge in [-0.3, -0.25) is 9.48 Å². The lowest BCUT2D eigenvalue weighted by Crippen LogP contribution is -2.43. The molecular formula is C27H30F3N5O4S. The number of nitrogens with zero attached hydrogens (tertiary/aromatic N) is 3. The molecule has 13 heteroatoms. The van der Waals surface area contributed by atoms with E-state index < -0.39 is 22.6 Å². The first-order valence-electron chi connectivity index (χ1n) is 12.5. The topological polar surface area (TPSA) is 106 Å². The highest BCUT2D eigenvalue weighted by Crippen LogP contribution is 2.28. The lowest BCUT2D eigenvalue weighted by Gasteiger charge is -2.29. The van der Waals surface area contributed by atoms with Crippen LogP contribution in [0.2, 0.25) is 0 Å². The van der Waals surface area contributed by atoms with Crippen molar-refractivity contribution >= 4 is 32.3 Å². The number of benzene rings is 2. The van der Waals surface area contributed by atoms with Gasteiger partial charge in [-0.1, -0.05) is 11.8 Å². The van der Waals surface area contributed by atoms with Crippen molar-refractivity contribution in [1.29, 1.82) is 0 Å². The summed E-state index contributed by atoms with van der Waals surface area (Å²) in [6, 6.07) is 7.50. The van der Waals surface area contributed by atoms with E-state index in [0.717, 1.165) is 36.9 Å². The summed E-state index contributed by atoms with van der Waals surface area (Å²) in [4.78, 5) is 15.5. The van der Waals surface area contributed by atoms with Gasteiger partial charge in [0.25, 0.3) is 5.91 Å². The fourth-order valence-electron chi connectivity index (χ4n) is 4.45. The summed E-state index contributed by atoms with van der Waals surface area (Å²) in [7, 11) is 0.0248. The number of piperidine rings is 1. The van der Waals surface area contributed by atoms with Gasteiger partial charge < -0.3 is 20.3 Å².